The van der Waals surface area contributed by atoms with Crippen molar-refractivity contribution in [1.29, 1.82) is 0 Å². The summed E-state index contributed by atoms with van der Waals surface area (Å²) in [5.41, 5.74) is 2.52. The second-order valence-corrected chi connectivity index (χ2v) is 6.48. The Morgan fingerprint density at radius 2 is 2.29 bits per heavy atom. The number of thioether (sulfide) groups is 1. The Hall–Kier alpha value is -1.07. The van der Waals surface area contributed by atoms with Crippen molar-refractivity contribution in [3.05, 3.63) is 29.8 Å². The van der Waals surface area contributed by atoms with Gasteiger partial charge in [0.1, 0.15) is 0 Å². The lowest BCUT2D eigenvalue weighted by Crippen LogP contribution is -2.35. The van der Waals surface area contributed by atoms with Gasteiger partial charge in [0.05, 0.1) is 0 Å². The molecule has 1 heterocycles. The molecule has 1 aromatic rings. The zero-order valence-electron chi connectivity index (χ0n) is 10.5. The molecule has 1 nitrogen and oxygen atoms in total. The van der Waals surface area contributed by atoms with Crippen LogP contribution >= 0.6 is 11.8 Å². The third-order valence-electron chi connectivity index (χ3n) is 3.01. The number of nitrogens with one attached hydrogen (secondary N) is 1. The van der Waals surface area contributed by atoms with E-state index in [9.17, 15) is 0 Å². The SMILES string of the molecule is C#Cc1cccc(NC2CSCC(C)(C)C2)c1. The van der Waals surface area contributed by atoms with Gasteiger partial charge in [-0.1, -0.05) is 25.8 Å². The highest BCUT2D eigenvalue weighted by molar-refractivity contribution is 7.99. The van der Waals surface area contributed by atoms with Crippen LogP contribution in [-0.2, 0) is 0 Å². The number of hydrogen-bond donors (Lipinski definition) is 1. The maximum absolute atomic E-state index is 5.41. The third kappa shape index (κ3) is 3.44. The van der Waals surface area contributed by atoms with Crippen molar-refractivity contribution in [3.8, 4) is 12.3 Å². The molecule has 2 heteroatoms. The molecule has 1 aromatic carbocycles. The van der Waals surface area contributed by atoms with Gasteiger partial charge in [0.25, 0.3) is 0 Å². The molecule has 1 aliphatic heterocycles. The minimum Gasteiger partial charge on any atom is -0.381 e. The summed E-state index contributed by atoms with van der Waals surface area (Å²) >= 11 is 2.04. The Balaban J connectivity index is 2.03. The van der Waals surface area contributed by atoms with E-state index in [0.717, 1.165) is 11.3 Å². The highest BCUT2D eigenvalue weighted by Gasteiger charge is 2.28. The van der Waals surface area contributed by atoms with Gasteiger partial charge < -0.3 is 5.32 Å². The Bertz CT molecular complexity index is 431. The predicted molar refractivity (Wildman–Crippen MR) is 77.5 cm³/mol. The van der Waals surface area contributed by atoms with Gasteiger partial charge >= 0.3 is 0 Å². The van der Waals surface area contributed by atoms with Gasteiger partial charge in [0.2, 0.25) is 0 Å². The number of hydrogen-bond acceptors (Lipinski definition) is 2. The fourth-order valence-electron chi connectivity index (χ4n) is 2.29. The zero-order valence-corrected chi connectivity index (χ0v) is 11.3. The predicted octanol–water partition coefficient (Wildman–Crippen LogP) is 3.61. The summed E-state index contributed by atoms with van der Waals surface area (Å²) in [7, 11) is 0. The van der Waals surface area contributed by atoms with Crippen LogP contribution in [0.4, 0.5) is 5.69 Å². The van der Waals surface area contributed by atoms with Gasteiger partial charge in [0.15, 0.2) is 0 Å². The fourth-order valence-corrected chi connectivity index (χ4v) is 3.56. The van der Waals surface area contributed by atoms with Gasteiger partial charge in [-0.05, 0) is 35.8 Å². The van der Waals surface area contributed by atoms with Gasteiger partial charge in [-0.3, -0.25) is 0 Å². The summed E-state index contributed by atoms with van der Waals surface area (Å²) in [6.45, 7) is 4.68. The van der Waals surface area contributed by atoms with Crippen LogP contribution in [0.3, 0.4) is 0 Å². The summed E-state index contributed by atoms with van der Waals surface area (Å²) < 4.78 is 0. The first-order valence-corrected chi connectivity index (χ1v) is 7.15. The minimum absolute atomic E-state index is 0.435. The van der Waals surface area contributed by atoms with Crippen molar-refractivity contribution in [1.82, 2.24) is 0 Å². The molecule has 0 aliphatic carbocycles. The molecule has 1 N–H and O–H groups in total. The first kappa shape index (κ1) is 12.4. The van der Waals surface area contributed by atoms with Crippen LogP contribution in [0.1, 0.15) is 25.8 Å². The molecule has 1 unspecified atom stereocenters. The minimum atomic E-state index is 0.435. The quantitative estimate of drug-likeness (QED) is 0.799. The molecule has 0 aromatic heterocycles. The molecule has 2 rings (SSSR count). The molecule has 90 valence electrons. The molecule has 0 amide bonds. The molecule has 1 aliphatic rings. The molecule has 0 radical (unpaired) electrons. The fraction of sp³-hybridized carbons (Fsp3) is 0.467. The summed E-state index contributed by atoms with van der Waals surface area (Å²) in [4.78, 5) is 0. The number of rotatable bonds is 2. The summed E-state index contributed by atoms with van der Waals surface area (Å²) in [5.74, 6) is 5.12. The molecular formula is C15H19NS. The number of anilines is 1. The smallest absolute Gasteiger partial charge is 0.0357 e. The highest BCUT2D eigenvalue weighted by atomic mass is 32.2. The van der Waals surface area contributed by atoms with E-state index >= 15 is 0 Å². The molecule has 1 fully saturated rings. The van der Waals surface area contributed by atoms with Crippen LogP contribution in [0.25, 0.3) is 0 Å². The number of terminal acetylenes is 1. The zero-order chi connectivity index (χ0) is 12.3. The van der Waals surface area contributed by atoms with Crippen LogP contribution in [0.5, 0.6) is 0 Å². The van der Waals surface area contributed by atoms with E-state index < -0.39 is 0 Å². The summed E-state index contributed by atoms with van der Waals surface area (Å²) in [6.07, 6.45) is 6.64. The van der Waals surface area contributed by atoms with Gasteiger partial charge in [-0.15, -0.1) is 6.42 Å². The van der Waals surface area contributed by atoms with Crippen LogP contribution in [0, 0.1) is 17.8 Å². The molecule has 1 atom stereocenters. The van der Waals surface area contributed by atoms with Crippen molar-refractivity contribution in [2.45, 2.75) is 26.3 Å². The molecule has 0 spiro atoms. The maximum atomic E-state index is 5.41. The molecule has 0 bridgehead atoms. The monoisotopic (exact) mass is 245 g/mol. The first-order valence-electron chi connectivity index (χ1n) is 6.00. The van der Waals surface area contributed by atoms with E-state index in [1.54, 1.807) is 0 Å². The van der Waals surface area contributed by atoms with Crippen LogP contribution in [-0.4, -0.2) is 17.5 Å². The first-order chi connectivity index (χ1) is 8.09. The van der Waals surface area contributed by atoms with Crippen molar-refractivity contribution in [2.75, 3.05) is 16.8 Å². The van der Waals surface area contributed by atoms with Gasteiger partial charge in [0, 0.05) is 23.0 Å². The van der Waals surface area contributed by atoms with Crippen molar-refractivity contribution in [2.24, 2.45) is 5.41 Å². The lowest BCUT2D eigenvalue weighted by atomic mass is 9.88. The maximum Gasteiger partial charge on any atom is 0.0357 e. The standard InChI is InChI=1S/C15H19NS/c1-4-12-6-5-7-13(8-12)16-14-9-15(2,3)11-17-10-14/h1,5-8,14,16H,9-11H2,2-3H3. The van der Waals surface area contributed by atoms with Crippen molar-refractivity contribution < 1.29 is 0 Å². The lowest BCUT2D eigenvalue weighted by Gasteiger charge is -2.35. The highest BCUT2D eigenvalue weighted by Crippen LogP contribution is 2.34. The largest absolute Gasteiger partial charge is 0.381 e. The molecule has 0 saturated carbocycles. The van der Waals surface area contributed by atoms with Crippen molar-refractivity contribution >= 4 is 17.4 Å². The van der Waals surface area contributed by atoms with Crippen LogP contribution in [0.2, 0.25) is 0 Å². The molecule has 1 saturated heterocycles. The Kier molecular flexibility index (Phi) is 3.69. The number of benzene rings is 1. The average molecular weight is 245 g/mol. The van der Waals surface area contributed by atoms with Crippen LogP contribution in [0.15, 0.2) is 24.3 Å². The van der Waals surface area contributed by atoms with E-state index in [-0.39, 0.29) is 0 Å². The van der Waals surface area contributed by atoms with Gasteiger partial charge in [-0.25, -0.2) is 0 Å². The van der Waals surface area contributed by atoms with Crippen molar-refractivity contribution in [3.63, 3.8) is 0 Å². The Labute approximate surface area is 108 Å². The second-order valence-electron chi connectivity index (χ2n) is 5.45. The van der Waals surface area contributed by atoms with E-state index in [2.05, 4.69) is 31.2 Å². The van der Waals surface area contributed by atoms with E-state index in [1.165, 1.54) is 17.9 Å². The summed E-state index contributed by atoms with van der Waals surface area (Å²) in [5, 5.41) is 3.59. The topological polar surface area (TPSA) is 12.0 Å². The molecule has 17 heavy (non-hydrogen) atoms. The Morgan fingerprint density at radius 1 is 1.47 bits per heavy atom. The van der Waals surface area contributed by atoms with E-state index in [0.29, 0.717) is 11.5 Å². The summed E-state index contributed by atoms with van der Waals surface area (Å²) in [6, 6.07) is 8.67. The lowest BCUT2D eigenvalue weighted by molar-refractivity contribution is 0.358. The van der Waals surface area contributed by atoms with E-state index in [1.807, 2.05) is 30.0 Å². The normalized spacial score (nSPS) is 22.8. The van der Waals surface area contributed by atoms with Crippen LogP contribution < -0.4 is 5.32 Å². The van der Waals surface area contributed by atoms with Gasteiger partial charge in [-0.2, -0.15) is 11.8 Å². The third-order valence-corrected chi connectivity index (χ3v) is 4.63. The van der Waals surface area contributed by atoms with E-state index in [4.69, 9.17) is 6.42 Å². The molecular weight excluding hydrogens is 226 g/mol. The second kappa shape index (κ2) is 5.06. The average Bonchev–Trinajstić information content (AvgIpc) is 2.28. The Morgan fingerprint density at radius 3 is 3.00 bits per heavy atom.